The number of ether oxygens (including phenoxy) is 1. The molecule has 0 saturated heterocycles. The molecule has 15 heavy (non-hydrogen) atoms. The first kappa shape index (κ1) is 11.5. The summed E-state index contributed by atoms with van der Waals surface area (Å²) in [6.45, 7) is -0.209. The van der Waals surface area contributed by atoms with E-state index in [0.29, 0.717) is 0 Å². The van der Waals surface area contributed by atoms with E-state index in [0.717, 1.165) is 0 Å². The molecule has 1 aromatic carbocycles. The smallest absolute Gasteiger partial charge is 0.272 e. The number of halogens is 1. The van der Waals surface area contributed by atoms with Gasteiger partial charge in [-0.1, -0.05) is 12.1 Å². The lowest BCUT2D eigenvalue weighted by Crippen LogP contribution is -2.39. The van der Waals surface area contributed by atoms with E-state index in [1.54, 1.807) is 26.2 Å². The number of carbonyl (C=O) groups is 1. The second-order valence-corrected chi connectivity index (χ2v) is 3.15. The molecule has 0 heterocycles. The van der Waals surface area contributed by atoms with E-state index < -0.39 is 5.82 Å². The molecule has 4 nitrogen and oxygen atoms in total. The average molecular weight is 212 g/mol. The fourth-order valence-electron chi connectivity index (χ4n) is 0.987. The number of hydrazine groups is 1. The first-order chi connectivity index (χ1) is 7.09. The number of hydrogen-bond donors (Lipinski definition) is 1. The van der Waals surface area contributed by atoms with Crippen molar-refractivity contribution in [1.82, 2.24) is 10.4 Å². The fourth-order valence-corrected chi connectivity index (χ4v) is 0.987. The summed E-state index contributed by atoms with van der Waals surface area (Å²) in [4.78, 5) is 11.1. The highest BCUT2D eigenvalue weighted by molar-refractivity contribution is 5.76. The summed E-state index contributed by atoms with van der Waals surface area (Å²) in [5.41, 5.74) is 2.48. The lowest BCUT2D eigenvalue weighted by molar-refractivity contribution is -0.126. The maximum absolute atomic E-state index is 13.0. The highest BCUT2D eigenvalue weighted by Crippen LogP contribution is 2.14. The molecule has 1 N–H and O–H groups in total. The predicted octanol–water partition coefficient (Wildman–Crippen LogP) is 0.797. The number of para-hydroxylation sites is 1. The lowest BCUT2D eigenvalue weighted by Gasteiger charge is -2.12. The molecule has 0 aliphatic carbocycles. The topological polar surface area (TPSA) is 41.6 Å². The third kappa shape index (κ3) is 3.95. The fraction of sp³-hybridized carbons (Fsp3) is 0.300. The average Bonchev–Trinajstić information content (AvgIpc) is 2.15. The molecule has 5 heteroatoms. The van der Waals surface area contributed by atoms with Crippen LogP contribution in [0.4, 0.5) is 4.39 Å². The van der Waals surface area contributed by atoms with Crippen molar-refractivity contribution in [2.45, 2.75) is 0 Å². The monoisotopic (exact) mass is 212 g/mol. The summed E-state index contributed by atoms with van der Waals surface area (Å²) in [5.74, 6) is -0.732. The molecule has 1 aromatic rings. The van der Waals surface area contributed by atoms with Crippen molar-refractivity contribution in [3.05, 3.63) is 30.1 Å². The van der Waals surface area contributed by atoms with Crippen LogP contribution in [-0.2, 0) is 4.79 Å². The van der Waals surface area contributed by atoms with Crippen LogP contribution >= 0.6 is 0 Å². The van der Waals surface area contributed by atoms with Crippen LogP contribution < -0.4 is 10.2 Å². The molecule has 0 unspecified atom stereocenters. The van der Waals surface area contributed by atoms with Crippen molar-refractivity contribution in [2.24, 2.45) is 0 Å². The zero-order chi connectivity index (χ0) is 11.3. The minimum absolute atomic E-state index is 0.0754. The molecule has 0 fully saturated rings. The predicted molar refractivity (Wildman–Crippen MR) is 53.7 cm³/mol. The molecule has 0 atom stereocenters. The third-order valence-corrected chi connectivity index (χ3v) is 1.54. The van der Waals surface area contributed by atoms with Crippen LogP contribution in [0.15, 0.2) is 24.3 Å². The lowest BCUT2D eigenvalue weighted by atomic mass is 10.3. The SMILES string of the molecule is CN(C)NC(=O)COc1ccccc1F. The third-order valence-electron chi connectivity index (χ3n) is 1.54. The molecule has 0 spiro atoms. The van der Waals surface area contributed by atoms with Gasteiger partial charge in [-0.25, -0.2) is 9.40 Å². The molecule has 1 rings (SSSR count). The summed E-state index contributed by atoms with van der Waals surface area (Å²) >= 11 is 0. The van der Waals surface area contributed by atoms with Crippen molar-refractivity contribution < 1.29 is 13.9 Å². The number of hydrogen-bond acceptors (Lipinski definition) is 3. The Labute approximate surface area is 87.6 Å². The second-order valence-electron chi connectivity index (χ2n) is 3.15. The number of carbonyl (C=O) groups excluding carboxylic acids is 1. The molecule has 1 amide bonds. The van der Waals surface area contributed by atoms with Crippen molar-refractivity contribution in [3.63, 3.8) is 0 Å². The van der Waals surface area contributed by atoms with Crippen LogP contribution in [0.1, 0.15) is 0 Å². The van der Waals surface area contributed by atoms with Gasteiger partial charge >= 0.3 is 0 Å². The van der Waals surface area contributed by atoms with Gasteiger partial charge in [0.05, 0.1) is 0 Å². The van der Waals surface area contributed by atoms with Gasteiger partial charge in [0.15, 0.2) is 18.2 Å². The van der Waals surface area contributed by atoms with E-state index in [1.807, 2.05) is 0 Å². The highest BCUT2D eigenvalue weighted by Gasteiger charge is 2.05. The Balaban J connectivity index is 2.44. The summed E-state index contributed by atoms with van der Waals surface area (Å²) in [5, 5.41) is 1.49. The highest BCUT2D eigenvalue weighted by atomic mass is 19.1. The van der Waals surface area contributed by atoms with E-state index >= 15 is 0 Å². The Hall–Kier alpha value is -1.62. The van der Waals surface area contributed by atoms with Crippen molar-refractivity contribution in [2.75, 3.05) is 20.7 Å². The first-order valence-corrected chi connectivity index (χ1v) is 4.43. The van der Waals surface area contributed by atoms with E-state index in [4.69, 9.17) is 4.74 Å². The Morgan fingerprint density at radius 1 is 1.47 bits per heavy atom. The molecule has 0 aliphatic rings. The minimum Gasteiger partial charge on any atom is -0.481 e. The van der Waals surface area contributed by atoms with Gasteiger partial charge < -0.3 is 4.74 Å². The largest absolute Gasteiger partial charge is 0.481 e. The van der Waals surface area contributed by atoms with Gasteiger partial charge in [-0.3, -0.25) is 10.2 Å². The van der Waals surface area contributed by atoms with E-state index in [-0.39, 0.29) is 18.3 Å². The maximum Gasteiger partial charge on any atom is 0.272 e. The first-order valence-electron chi connectivity index (χ1n) is 4.43. The zero-order valence-corrected chi connectivity index (χ0v) is 8.66. The van der Waals surface area contributed by atoms with E-state index in [9.17, 15) is 9.18 Å². The van der Waals surface area contributed by atoms with Gasteiger partial charge in [0, 0.05) is 14.1 Å². The molecular weight excluding hydrogens is 199 g/mol. The zero-order valence-electron chi connectivity index (χ0n) is 8.66. The van der Waals surface area contributed by atoms with Gasteiger partial charge in [0.2, 0.25) is 0 Å². The maximum atomic E-state index is 13.0. The Bertz CT molecular complexity index is 342. The van der Waals surface area contributed by atoms with Gasteiger partial charge in [-0.05, 0) is 12.1 Å². The van der Waals surface area contributed by atoms with Gasteiger partial charge in [0.25, 0.3) is 5.91 Å². The van der Waals surface area contributed by atoms with Gasteiger partial charge in [-0.2, -0.15) is 0 Å². The summed E-state index contributed by atoms with van der Waals surface area (Å²) in [6, 6.07) is 5.95. The normalized spacial score (nSPS) is 10.1. The number of rotatable bonds is 4. The Kier molecular flexibility index (Phi) is 4.05. The summed E-state index contributed by atoms with van der Waals surface area (Å²) in [6.07, 6.45) is 0. The summed E-state index contributed by atoms with van der Waals surface area (Å²) in [7, 11) is 3.36. The molecular formula is C10H13FN2O2. The minimum atomic E-state index is -0.477. The Morgan fingerprint density at radius 2 is 2.13 bits per heavy atom. The molecule has 0 saturated carbocycles. The van der Waals surface area contributed by atoms with Crippen LogP contribution in [0.3, 0.4) is 0 Å². The number of nitrogens with zero attached hydrogens (tertiary/aromatic N) is 1. The molecule has 0 radical (unpaired) electrons. The second kappa shape index (κ2) is 5.31. The number of amides is 1. The Morgan fingerprint density at radius 3 is 2.73 bits per heavy atom. The summed E-state index contributed by atoms with van der Waals surface area (Å²) < 4.78 is 18.0. The van der Waals surface area contributed by atoms with Crippen LogP contribution in [0, 0.1) is 5.82 Å². The van der Waals surface area contributed by atoms with Crippen molar-refractivity contribution in [1.29, 1.82) is 0 Å². The molecule has 0 bridgehead atoms. The molecule has 0 aliphatic heterocycles. The van der Waals surface area contributed by atoms with Crippen LogP contribution in [0.5, 0.6) is 5.75 Å². The van der Waals surface area contributed by atoms with E-state index in [1.165, 1.54) is 17.1 Å². The standard InChI is InChI=1S/C10H13FN2O2/c1-13(2)12-10(14)7-15-9-6-4-3-5-8(9)11/h3-6H,7H2,1-2H3,(H,12,14). The van der Waals surface area contributed by atoms with Crippen LogP contribution in [0.25, 0.3) is 0 Å². The van der Waals surface area contributed by atoms with Gasteiger partial charge in [0.1, 0.15) is 0 Å². The number of nitrogens with one attached hydrogen (secondary N) is 1. The van der Waals surface area contributed by atoms with Crippen molar-refractivity contribution in [3.8, 4) is 5.75 Å². The van der Waals surface area contributed by atoms with Crippen LogP contribution in [0.2, 0.25) is 0 Å². The molecule has 0 aromatic heterocycles. The van der Waals surface area contributed by atoms with Crippen LogP contribution in [-0.4, -0.2) is 31.6 Å². The quantitative estimate of drug-likeness (QED) is 0.750. The van der Waals surface area contributed by atoms with Gasteiger partial charge in [-0.15, -0.1) is 0 Å². The number of benzene rings is 1. The molecule has 82 valence electrons. The van der Waals surface area contributed by atoms with E-state index in [2.05, 4.69) is 5.43 Å². The van der Waals surface area contributed by atoms with Crippen molar-refractivity contribution >= 4 is 5.91 Å².